The number of likely N-dealkylation sites (tertiary alicyclic amines) is 1. The van der Waals surface area contributed by atoms with Gasteiger partial charge >= 0.3 is 5.97 Å². The molecule has 0 unspecified atom stereocenters. The molecule has 1 rings (SSSR count). The van der Waals surface area contributed by atoms with Crippen molar-refractivity contribution in [3.63, 3.8) is 0 Å². The van der Waals surface area contributed by atoms with Gasteiger partial charge in [0.1, 0.15) is 0 Å². The summed E-state index contributed by atoms with van der Waals surface area (Å²) in [5.74, 6) is 0.307. The van der Waals surface area contributed by atoms with Crippen LogP contribution in [0.15, 0.2) is 0 Å². The van der Waals surface area contributed by atoms with Crippen LogP contribution >= 0.6 is 0 Å². The van der Waals surface area contributed by atoms with Crippen LogP contribution in [-0.4, -0.2) is 37.0 Å². The number of carbonyl (C=O) groups is 2. The molecule has 0 aliphatic carbocycles. The Labute approximate surface area is 167 Å². The van der Waals surface area contributed by atoms with Gasteiger partial charge in [0.2, 0.25) is 5.91 Å². The molecule has 0 bridgehead atoms. The lowest BCUT2D eigenvalue weighted by Gasteiger charge is -2.14. The van der Waals surface area contributed by atoms with Crippen molar-refractivity contribution in [3.05, 3.63) is 0 Å². The Hall–Kier alpha value is -1.06. The van der Waals surface area contributed by atoms with Crippen LogP contribution in [0, 0.1) is 0 Å². The molecule has 158 valence electrons. The van der Waals surface area contributed by atoms with E-state index in [1.807, 2.05) is 4.90 Å². The molecule has 0 aromatic heterocycles. The van der Waals surface area contributed by atoms with Gasteiger partial charge in [0, 0.05) is 25.9 Å². The number of esters is 1. The Bertz CT molecular complexity index is 378. The lowest BCUT2D eigenvalue weighted by Crippen LogP contribution is -2.27. The fourth-order valence-electron chi connectivity index (χ4n) is 3.89. The number of nitrogens with zero attached hydrogens (tertiary/aromatic N) is 1. The molecular formula is C23H43NO3. The maximum Gasteiger partial charge on any atom is 0.305 e. The first kappa shape index (κ1) is 24.0. The van der Waals surface area contributed by atoms with Crippen molar-refractivity contribution in [1.82, 2.24) is 4.90 Å². The van der Waals surface area contributed by atoms with Crippen LogP contribution in [0.5, 0.6) is 0 Å². The van der Waals surface area contributed by atoms with E-state index < -0.39 is 0 Å². The highest BCUT2D eigenvalue weighted by Gasteiger charge is 2.16. The van der Waals surface area contributed by atoms with Crippen LogP contribution in [0.4, 0.5) is 0 Å². The van der Waals surface area contributed by atoms with E-state index in [-0.39, 0.29) is 5.97 Å². The maximum absolute atomic E-state index is 11.9. The van der Waals surface area contributed by atoms with Crippen LogP contribution < -0.4 is 0 Å². The summed E-state index contributed by atoms with van der Waals surface area (Å²) < 4.78 is 4.64. The van der Waals surface area contributed by atoms with E-state index in [1.165, 1.54) is 90.6 Å². The number of unbranched alkanes of at least 4 members (excludes halogenated alkanes) is 13. The molecule has 0 aromatic rings. The van der Waals surface area contributed by atoms with E-state index in [4.69, 9.17) is 0 Å². The number of hydrogen-bond acceptors (Lipinski definition) is 3. The molecule has 4 heteroatoms. The minimum absolute atomic E-state index is 0.0782. The van der Waals surface area contributed by atoms with Gasteiger partial charge in [0.05, 0.1) is 7.11 Å². The average Bonchev–Trinajstić information content (AvgIpc) is 3.22. The maximum atomic E-state index is 11.9. The van der Waals surface area contributed by atoms with Gasteiger partial charge < -0.3 is 9.64 Å². The molecule has 1 heterocycles. The molecule has 4 nitrogen and oxygen atoms in total. The van der Waals surface area contributed by atoms with E-state index in [2.05, 4.69) is 4.74 Å². The van der Waals surface area contributed by atoms with Crippen LogP contribution in [0.1, 0.15) is 116 Å². The Morgan fingerprint density at radius 3 is 1.41 bits per heavy atom. The molecular weight excluding hydrogens is 338 g/mol. The summed E-state index contributed by atoms with van der Waals surface area (Å²) in [7, 11) is 1.46. The number of amides is 1. The zero-order chi connectivity index (χ0) is 19.6. The van der Waals surface area contributed by atoms with E-state index in [9.17, 15) is 9.59 Å². The summed E-state index contributed by atoms with van der Waals surface area (Å²) in [5.41, 5.74) is 0. The second-order valence-electron chi connectivity index (χ2n) is 8.11. The molecule has 1 amide bonds. The normalized spacial score (nSPS) is 13.9. The van der Waals surface area contributed by atoms with Crippen molar-refractivity contribution < 1.29 is 14.3 Å². The van der Waals surface area contributed by atoms with Gasteiger partial charge in [-0.2, -0.15) is 0 Å². The number of methoxy groups -OCH3 is 1. The van der Waals surface area contributed by atoms with Crippen molar-refractivity contribution in [2.24, 2.45) is 0 Å². The standard InChI is InChI=1S/C23H43NO3/c1-27-23(26)19-15-13-11-9-7-5-3-2-4-6-8-10-12-14-18-22(25)24-20-16-17-21-24/h2-21H2,1H3. The molecule has 0 spiro atoms. The van der Waals surface area contributed by atoms with Gasteiger partial charge in [0.25, 0.3) is 0 Å². The molecule has 1 aliphatic rings. The van der Waals surface area contributed by atoms with Gasteiger partial charge in [0.15, 0.2) is 0 Å². The van der Waals surface area contributed by atoms with Gasteiger partial charge in [-0.15, -0.1) is 0 Å². The van der Waals surface area contributed by atoms with Crippen molar-refractivity contribution in [1.29, 1.82) is 0 Å². The average molecular weight is 382 g/mol. The summed E-state index contributed by atoms with van der Waals surface area (Å²) in [6.45, 7) is 1.99. The third-order valence-corrected chi connectivity index (χ3v) is 5.71. The smallest absolute Gasteiger partial charge is 0.305 e. The highest BCUT2D eigenvalue weighted by atomic mass is 16.5. The molecule has 0 atom stereocenters. The van der Waals surface area contributed by atoms with Gasteiger partial charge in [-0.05, 0) is 25.7 Å². The van der Waals surface area contributed by atoms with E-state index in [0.717, 1.165) is 38.8 Å². The quantitative estimate of drug-likeness (QED) is 0.228. The Morgan fingerprint density at radius 1 is 0.630 bits per heavy atom. The number of hydrogen-bond donors (Lipinski definition) is 0. The summed E-state index contributed by atoms with van der Waals surface area (Å²) in [5, 5.41) is 0. The van der Waals surface area contributed by atoms with Crippen molar-refractivity contribution in [3.8, 4) is 0 Å². The Morgan fingerprint density at radius 2 is 1.00 bits per heavy atom. The summed E-state index contributed by atoms with van der Waals surface area (Å²) in [6.07, 6.45) is 21.5. The molecule has 1 aliphatic heterocycles. The molecule has 0 N–H and O–H groups in total. The van der Waals surface area contributed by atoms with E-state index in [1.54, 1.807) is 0 Å². The van der Waals surface area contributed by atoms with E-state index >= 15 is 0 Å². The number of ether oxygens (including phenoxy) is 1. The third-order valence-electron chi connectivity index (χ3n) is 5.71. The second kappa shape index (κ2) is 17.1. The monoisotopic (exact) mass is 381 g/mol. The van der Waals surface area contributed by atoms with Crippen LogP contribution in [0.3, 0.4) is 0 Å². The van der Waals surface area contributed by atoms with Crippen molar-refractivity contribution >= 4 is 11.9 Å². The van der Waals surface area contributed by atoms with Crippen LogP contribution in [0.25, 0.3) is 0 Å². The highest BCUT2D eigenvalue weighted by molar-refractivity contribution is 5.76. The summed E-state index contributed by atoms with van der Waals surface area (Å²) in [6, 6.07) is 0. The number of rotatable bonds is 17. The fourth-order valence-corrected chi connectivity index (χ4v) is 3.89. The molecule has 1 fully saturated rings. The van der Waals surface area contributed by atoms with Crippen molar-refractivity contribution in [2.45, 2.75) is 116 Å². The topological polar surface area (TPSA) is 46.6 Å². The number of carbonyl (C=O) groups excluding carboxylic acids is 2. The third kappa shape index (κ3) is 13.7. The largest absolute Gasteiger partial charge is 0.469 e. The zero-order valence-corrected chi connectivity index (χ0v) is 17.8. The highest BCUT2D eigenvalue weighted by Crippen LogP contribution is 2.15. The predicted molar refractivity (Wildman–Crippen MR) is 112 cm³/mol. The lowest BCUT2D eigenvalue weighted by molar-refractivity contribution is -0.140. The van der Waals surface area contributed by atoms with Gasteiger partial charge in [-0.1, -0.05) is 77.0 Å². The molecule has 0 aromatic carbocycles. The molecule has 1 saturated heterocycles. The van der Waals surface area contributed by atoms with Crippen LogP contribution in [0.2, 0.25) is 0 Å². The van der Waals surface area contributed by atoms with Gasteiger partial charge in [-0.25, -0.2) is 0 Å². The SMILES string of the molecule is COC(=O)CCCCCCCCCCCCCCCCC(=O)N1CCCC1. The first-order valence-corrected chi connectivity index (χ1v) is 11.6. The first-order chi connectivity index (χ1) is 13.2. The van der Waals surface area contributed by atoms with Gasteiger partial charge in [-0.3, -0.25) is 9.59 Å². The fraction of sp³-hybridized carbons (Fsp3) is 0.913. The predicted octanol–water partition coefficient (Wildman–Crippen LogP) is 6.02. The summed E-state index contributed by atoms with van der Waals surface area (Å²) in [4.78, 5) is 25.0. The minimum atomic E-state index is -0.0782. The second-order valence-corrected chi connectivity index (χ2v) is 8.11. The summed E-state index contributed by atoms with van der Waals surface area (Å²) >= 11 is 0. The Balaban J connectivity index is 1.71. The first-order valence-electron chi connectivity index (χ1n) is 11.6. The van der Waals surface area contributed by atoms with Crippen molar-refractivity contribution in [2.75, 3.05) is 20.2 Å². The minimum Gasteiger partial charge on any atom is -0.469 e. The molecule has 27 heavy (non-hydrogen) atoms. The Kier molecular flexibility index (Phi) is 15.2. The zero-order valence-electron chi connectivity index (χ0n) is 17.8. The van der Waals surface area contributed by atoms with E-state index in [0.29, 0.717) is 12.3 Å². The van der Waals surface area contributed by atoms with Crippen LogP contribution in [-0.2, 0) is 14.3 Å². The molecule has 0 saturated carbocycles. The molecule has 0 radical (unpaired) electrons. The lowest BCUT2D eigenvalue weighted by atomic mass is 10.0.